The third kappa shape index (κ3) is 4.87. The molecule has 3 aliphatic rings. The van der Waals surface area contributed by atoms with E-state index in [0.717, 1.165) is 58.5 Å². The van der Waals surface area contributed by atoms with Crippen LogP contribution in [0, 0.1) is 5.92 Å². The summed E-state index contributed by atoms with van der Waals surface area (Å²) in [5.41, 5.74) is 0. The maximum atomic E-state index is 12.6. The lowest BCUT2D eigenvalue weighted by Gasteiger charge is -2.43. The number of piperidine rings is 1. The van der Waals surface area contributed by atoms with Crippen molar-refractivity contribution < 1.29 is 14.3 Å². The van der Waals surface area contributed by atoms with E-state index in [4.69, 9.17) is 4.74 Å². The quantitative estimate of drug-likeness (QED) is 0.780. The Bertz CT molecular complexity index is 457. The van der Waals surface area contributed by atoms with Gasteiger partial charge >= 0.3 is 6.09 Å². The molecule has 2 aliphatic heterocycles. The summed E-state index contributed by atoms with van der Waals surface area (Å²) in [6.07, 6.45) is 7.88. The lowest BCUT2D eigenvalue weighted by Crippen LogP contribution is -2.56. The van der Waals surface area contributed by atoms with Crippen molar-refractivity contribution in [1.82, 2.24) is 14.7 Å². The van der Waals surface area contributed by atoms with Gasteiger partial charge in [0.15, 0.2) is 0 Å². The van der Waals surface area contributed by atoms with Crippen molar-refractivity contribution >= 4 is 12.0 Å². The van der Waals surface area contributed by atoms with Gasteiger partial charge in [0.25, 0.3) is 0 Å². The van der Waals surface area contributed by atoms with E-state index in [1.807, 2.05) is 6.92 Å². The zero-order chi connectivity index (χ0) is 17.6. The highest BCUT2D eigenvalue weighted by atomic mass is 16.6. The van der Waals surface area contributed by atoms with E-state index in [1.54, 1.807) is 4.90 Å². The van der Waals surface area contributed by atoms with Crippen LogP contribution in [0.25, 0.3) is 0 Å². The largest absolute Gasteiger partial charge is 0.450 e. The predicted octanol–water partition coefficient (Wildman–Crippen LogP) is 2.33. The van der Waals surface area contributed by atoms with Gasteiger partial charge in [0.05, 0.1) is 6.61 Å². The Hall–Kier alpha value is -1.30. The van der Waals surface area contributed by atoms with Crippen LogP contribution in [0.5, 0.6) is 0 Å². The second kappa shape index (κ2) is 8.88. The molecule has 1 unspecified atom stereocenters. The van der Waals surface area contributed by atoms with Crippen LogP contribution >= 0.6 is 0 Å². The average molecular weight is 351 g/mol. The maximum absolute atomic E-state index is 12.6. The van der Waals surface area contributed by atoms with Gasteiger partial charge in [-0.1, -0.05) is 12.8 Å². The lowest BCUT2D eigenvalue weighted by molar-refractivity contribution is -0.134. The first kappa shape index (κ1) is 18.5. The third-order valence-electron chi connectivity index (χ3n) is 6.04. The fourth-order valence-corrected chi connectivity index (χ4v) is 4.55. The van der Waals surface area contributed by atoms with Crippen LogP contribution in [0.3, 0.4) is 0 Å². The Balaban J connectivity index is 1.45. The minimum absolute atomic E-state index is 0.195. The van der Waals surface area contributed by atoms with E-state index in [1.165, 1.54) is 25.7 Å². The Morgan fingerprint density at radius 2 is 1.64 bits per heavy atom. The van der Waals surface area contributed by atoms with E-state index in [0.29, 0.717) is 24.5 Å². The van der Waals surface area contributed by atoms with E-state index in [2.05, 4.69) is 9.80 Å². The summed E-state index contributed by atoms with van der Waals surface area (Å²) < 4.78 is 5.09. The molecule has 2 saturated heterocycles. The predicted molar refractivity (Wildman–Crippen MR) is 96.3 cm³/mol. The fourth-order valence-electron chi connectivity index (χ4n) is 4.55. The number of carbonyl (C=O) groups excluding carboxylic acids is 2. The summed E-state index contributed by atoms with van der Waals surface area (Å²) in [6.45, 7) is 7.28. The summed E-state index contributed by atoms with van der Waals surface area (Å²) in [4.78, 5) is 30.8. The molecule has 1 aliphatic carbocycles. The minimum Gasteiger partial charge on any atom is -0.450 e. The summed E-state index contributed by atoms with van der Waals surface area (Å²) in [5, 5.41) is 0. The molecule has 0 radical (unpaired) electrons. The standard InChI is InChI=1S/C19H33N3O3/c1-2-25-19(24)21-12-10-20(11-13-21)17-8-5-9-22(15-17)18(23)14-16-6-3-4-7-16/h16-17H,2-15H2,1H3. The van der Waals surface area contributed by atoms with Gasteiger partial charge in [0.2, 0.25) is 5.91 Å². The van der Waals surface area contributed by atoms with Crippen LogP contribution in [-0.2, 0) is 9.53 Å². The molecule has 2 heterocycles. The summed E-state index contributed by atoms with van der Waals surface area (Å²) in [6, 6.07) is 0.450. The smallest absolute Gasteiger partial charge is 0.409 e. The van der Waals surface area contributed by atoms with Gasteiger partial charge in [0.1, 0.15) is 0 Å². The van der Waals surface area contributed by atoms with Gasteiger partial charge in [-0.15, -0.1) is 0 Å². The normalized spacial score (nSPS) is 26.0. The van der Waals surface area contributed by atoms with Crippen molar-refractivity contribution in [2.45, 2.75) is 57.9 Å². The molecule has 25 heavy (non-hydrogen) atoms. The Morgan fingerprint density at radius 3 is 2.32 bits per heavy atom. The van der Waals surface area contributed by atoms with Crippen molar-refractivity contribution in [3.05, 3.63) is 0 Å². The van der Waals surface area contributed by atoms with Crippen molar-refractivity contribution in [1.29, 1.82) is 0 Å². The Kier molecular flexibility index (Phi) is 6.57. The number of piperazine rings is 1. The first-order valence-corrected chi connectivity index (χ1v) is 10.1. The van der Waals surface area contributed by atoms with Gasteiger partial charge in [-0.25, -0.2) is 4.79 Å². The Morgan fingerprint density at radius 1 is 0.920 bits per heavy atom. The highest BCUT2D eigenvalue weighted by molar-refractivity contribution is 5.76. The first-order valence-electron chi connectivity index (χ1n) is 10.1. The number of hydrogen-bond acceptors (Lipinski definition) is 4. The zero-order valence-electron chi connectivity index (χ0n) is 15.6. The third-order valence-corrected chi connectivity index (χ3v) is 6.04. The number of likely N-dealkylation sites (tertiary alicyclic amines) is 1. The fraction of sp³-hybridized carbons (Fsp3) is 0.895. The molecule has 6 nitrogen and oxygen atoms in total. The first-order chi connectivity index (χ1) is 12.2. The molecule has 1 atom stereocenters. The van der Waals surface area contributed by atoms with Gasteiger partial charge < -0.3 is 14.5 Å². The van der Waals surface area contributed by atoms with E-state index < -0.39 is 0 Å². The molecular weight excluding hydrogens is 318 g/mol. The number of carbonyl (C=O) groups is 2. The van der Waals surface area contributed by atoms with E-state index >= 15 is 0 Å². The number of hydrogen-bond donors (Lipinski definition) is 0. The monoisotopic (exact) mass is 351 g/mol. The highest BCUT2D eigenvalue weighted by Gasteiger charge is 2.32. The van der Waals surface area contributed by atoms with Crippen molar-refractivity contribution in [3.8, 4) is 0 Å². The summed E-state index contributed by atoms with van der Waals surface area (Å²) in [5.74, 6) is 0.989. The Labute approximate surface area is 151 Å². The van der Waals surface area contributed by atoms with Gasteiger partial charge in [0, 0.05) is 51.7 Å². The van der Waals surface area contributed by atoms with Crippen molar-refractivity contribution in [3.63, 3.8) is 0 Å². The number of amides is 2. The van der Waals surface area contributed by atoms with Crippen molar-refractivity contribution in [2.75, 3.05) is 45.9 Å². The number of rotatable bonds is 4. The van der Waals surface area contributed by atoms with E-state index in [-0.39, 0.29) is 6.09 Å². The molecular formula is C19H33N3O3. The molecule has 1 saturated carbocycles. The lowest BCUT2D eigenvalue weighted by atomic mass is 9.99. The molecule has 0 aromatic heterocycles. The van der Waals surface area contributed by atoms with Crippen molar-refractivity contribution in [2.24, 2.45) is 5.92 Å². The molecule has 0 aromatic rings. The zero-order valence-corrected chi connectivity index (χ0v) is 15.6. The van der Waals surface area contributed by atoms with Crippen LogP contribution in [0.4, 0.5) is 4.79 Å². The van der Waals surface area contributed by atoms with Gasteiger partial charge in [-0.3, -0.25) is 9.69 Å². The van der Waals surface area contributed by atoms with Gasteiger partial charge in [-0.05, 0) is 38.5 Å². The van der Waals surface area contributed by atoms with Crippen LogP contribution < -0.4 is 0 Å². The van der Waals surface area contributed by atoms with E-state index in [9.17, 15) is 9.59 Å². The molecule has 0 spiro atoms. The molecule has 142 valence electrons. The van der Waals surface area contributed by atoms with Crippen LogP contribution in [0.1, 0.15) is 51.9 Å². The average Bonchev–Trinajstić information content (AvgIpc) is 3.15. The van der Waals surface area contributed by atoms with Crippen LogP contribution in [-0.4, -0.2) is 78.6 Å². The highest BCUT2D eigenvalue weighted by Crippen LogP contribution is 2.29. The molecule has 3 fully saturated rings. The number of nitrogens with zero attached hydrogens (tertiary/aromatic N) is 3. The second-order valence-electron chi connectivity index (χ2n) is 7.71. The maximum Gasteiger partial charge on any atom is 0.409 e. The molecule has 6 heteroatoms. The topological polar surface area (TPSA) is 53.1 Å². The summed E-state index contributed by atoms with van der Waals surface area (Å²) >= 11 is 0. The molecule has 0 N–H and O–H groups in total. The second-order valence-corrected chi connectivity index (χ2v) is 7.71. The van der Waals surface area contributed by atoms with Crippen LogP contribution in [0.2, 0.25) is 0 Å². The minimum atomic E-state index is -0.195. The SMILES string of the molecule is CCOC(=O)N1CCN(C2CCCN(C(=O)CC3CCCC3)C2)CC1. The molecule has 0 aromatic carbocycles. The number of ether oxygens (including phenoxy) is 1. The molecule has 2 amide bonds. The molecule has 3 rings (SSSR count). The summed E-state index contributed by atoms with van der Waals surface area (Å²) in [7, 11) is 0. The van der Waals surface area contributed by atoms with Gasteiger partial charge in [-0.2, -0.15) is 0 Å². The van der Waals surface area contributed by atoms with Crippen LogP contribution in [0.15, 0.2) is 0 Å². The molecule has 0 bridgehead atoms.